The molecule has 0 saturated heterocycles. The van der Waals surface area contributed by atoms with Crippen LogP contribution >= 0.6 is 50.6 Å². The van der Waals surface area contributed by atoms with Crippen molar-refractivity contribution in [2.75, 3.05) is 0 Å². The predicted molar refractivity (Wildman–Crippen MR) is 113 cm³/mol. The molecule has 0 amide bonds. The zero-order valence-electron chi connectivity index (χ0n) is 14.2. The van der Waals surface area contributed by atoms with Crippen LogP contribution in [-0.2, 0) is 12.3 Å². The van der Waals surface area contributed by atoms with Crippen LogP contribution in [0, 0.1) is 0 Å². The fourth-order valence-electron chi connectivity index (χ4n) is 2.57. The second kappa shape index (κ2) is 8.18. The molecule has 0 saturated carbocycles. The lowest BCUT2D eigenvalue weighted by Crippen LogP contribution is -1.99. The van der Waals surface area contributed by atoms with Gasteiger partial charge in [0.25, 0.3) is 0 Å². The second-order valence-electron chi connectivity index (χ2n) is 5.57. The Balaban J connectivity index is 1.51. The lowest BCUT2D eigenvalue weighted by molar-refractivity contribution is 0.543. The van der Waals surface area contributed by atoms with E-state index in [4.69, 9.17) is 21.0 Å². The predicted octanol–water partition coefficient (Wildman–Crippen LogP) is 6.39. The van der Waals surface area contributed by atoms with Crippen LogP contribution in [0.3, 0.4) is 0 Å². The van der Waals surface area contributed by atoms with Crippen molar-refractivity contribution >= 4 is 50.6 Å². The van der Waals surface area contributed by atoms with Crippen LogP contribution in [0.2, 0.25) is 5.02 Å². The lowest BCUT2D eigenvalue weighted by atomic mass is 10.2. The van der Waals surface area contributed by atoms with Gasteiger partial charge >= 0.3 is 0 Å². The number of halogens is 2. The fraction of sp³-hybridized carbons (Fsp3) is 0.167. The third-order valence-corrected chi connectivity index (χ3v) is 6.51. The Morgan fingerprint density at radius 1 is 1.22 bits per heavy atom. The Kier molecular flexibility index (Phi) is 5.68. The van der Waals surface area contributed by atoms with Gasteiger partial charge in [-0.15, -0.1) is 21.5 Å². The van der Waals surface area contributed by atoms with Gasteiger partial charge in [0.15, 0.2) is 15.6 Å². The summed E-state index contributed by atoms with van der Waals surface area (Å²) in [6, 6.07) is 11.5. The summed E-state index contributed by atoms with van der Waals surface area (Å²) in [7, 11) is 0. The number of furan rings is 1. The van der Waals surface area contributed by atoms with Crippen molar-refractivity contribution in [3.8, 4) is 22.2 Å². The number of hydrogen-bond acceptors (Lipinski definition) is 6. The van der Waals surface area contributed by atoms with Gasteiger partial charge in [0, 0.05) is 23.2 Å². The number of thioether (sulfide) groups is 1. The van der Waals surface area contributed by atoms with Crippen molar-refractivity contribution in [1.29, 1.82) is 0 Å². The molecule has 4 aromatic rings. The highest BCUT2D eigenvalue weighted by Crippen LogP contribution is 2.32. The van der Waals surface area contributed by atoms with Crippen LogP contribution in [-0.4, -0.2) is 19.7 Å². The zero-order chi connectivity index (χ0) is 18.8. The molecule has 0 unspecified atom stereocenters. The molecule has 0 aliphatic heterocycles. The Bertz CT molecular complexity index is 1070. The first-order valence-corrected chi connectivity index (χ1v) is 11.2. The van der Waals surface area contributed by atoms with E-state index in [1.54, 1.807) is 23.1 Å². The van der Waals surface area contributed by atoms with Gasteiger partial charge in [-0.1, -0.05) is 41.6 Å². The number of aromatic nitrogens is 4. The standard InChI is InChI=1S/C18H14BrClN4OS2/c1-2-24-16(14-7-8-15(19)25-14)22-23-18(24)27-10-11-9-26-17(21-11)12-5-3-4-6-13(12)20/h3-9H,2,10H2,1H3. The molecule has 4 rings (SSSR count). The summed E-state index contributed by atoms with van der Waals surface area (Å²) in [5.41, 5.74) is 1.95. The number of benzene rings is 1. The normalized spacial score (nSPS) is 11.2. The van der Waals surface area contributed by atoms with Gasteiger partial charge in [-0.3, -0.25) is 4.57 Å². The summed E-state index contributed by atoms with van der Waals surface area (Å²) in [5, 5.41) is 13.1. The Morgan fingerprint density at radius 3 is 2.81 bits per heavy atom. The minimum Gasteiger partial charge on any atom is -0.446 e. The summed E-state index contributed by atoms with van der Waals surface area (Å²) in [6.07, 6.45) is 0. The molecule has 0 bridgehead atoms. The highest BCUT2D eigenvalue weighted by Gasteiger charge is 2.17. The summed E-state index contributed by atoms with van der Waals surface area (Å²) in [6.45, 7) is 2.82. The minimum atomic E-state index is 0.673. The van der Waals surface area contributed by atoms with Crippen LogP contribution in [0.15, 0.2) is 56.0 Å². The van der Waals surface area contributed by atoms with Crippen LogP contribution in [0.5, 0.6) is 0 Å². The molecule has 0 spiro atoms. The maximum absolute atomic E-state index is 6.27. The lowest BCUT2D eigenvalue weighted by Gasteiger charge is -2.04. The SMILES string of the molecule is CCn1c(SCc2csc(-c3ccccc3Cl)n2)nnc1-c1ccc(Br)o1. The molecule has 3 aromatic heterocycles. The first-order chi connectivity index (χ1) is 13.2. The van der Waals surface area contributed by atoms with Crippen LogP contribution in [0.4, 0.5) is 0 Å². The average molecular weight is 482 g/mol. The van der Waals surface area contributed by atoms with Crippen LogP contribution in [0.1, 0.15) is 12.6 Å². The van der Waals surface area contributed by atoms with Gasteiger partial charge in [-0.05, 0) is 41.1 Å². The molecule has 9 heteroatoms. The molecule has 3 heterocycles. The molecule has 1 aromatic carbocycles. The third kappa shape index (κ3) is 3.99. The van der Waals surface area contributed by atoms with E-state index >= 15 is 0 Å². The second-order valence-corrected chi connectivity index (χ2v) is 8.56. The number of rotatable bonds is 6. The fourth-order valence-corrected chi connectivity index (χ4v) is 5.01. The van der Waals surface area contributed by atoms with Crippen molar-refractivity contribution in [2.45, 2.75) is 24.4 Å². The molecule has 0 aliphatic carbocycles. The summed E-state index contributed by atoms with van der Waals surface area (Å²) in [5.74, 6) is 2.12. The molecule has 0 radical (unpaired) electrons. The van der Waals surface area contributed by atoms with Crippen molar-refractivity contribution in [3.05, 3.63) is 57.2 Å². The first kappa shape index (κ1) is 18.7. The Morgan fingerprint density at radius 2 is 2.07 bits per heavy atom. The first-order valence-electron chi connectivity index (χ1n) is 8.16. The molecule has 0 N–H and O–H groups in total. The van der Waals surface area contributed by atoms with Gasteiger partial charge in [0.05, 0.1) is 10.7 Å². The van der Waals surface area contributed by atoms with Crippen molar-refractivity contribution < 1.29 is 4.42 Å². The van der Waals surface area contributed by atoms with E-state index in [2.05, 4.69) is 38.4 Å². The number of thiazole rings is 1. The maximum atomic E-state index is 6.27. The summed E-state index contributed by atoms with van der Waals surface area (Å²) >= 11 is 12.8. The van der Waals surface area contributed by atoms with Gasteiger partial charge in [0.2, 0.25) is 5.82 Å². The third-order valence-electron chi connectivity index (χ3n) is 3.83. The van der Waals surface area contributed by atoms with Gasteiger partial charge in [-0.25, -0.2) is 4.98 Å². The average Bonchev–Trinajstić information content (AvgIpc) is 3.39. The van der Waals surface area contributed by atoms with Gasteiger partial charge in [-0.2, -0.15) is 0 Å². The highest BCUT2D eigenvalue weighted by molar-refractivity contribution is 9.10. The van der Waals surface area contributed by atoms with E-state index < -0.39 is 0 Å². The zero-order valence-corrected chi connectivity index (χ0v) is 18.2. The van der Waals surface area contributed by atoms with Gasteiger partial charge in [0.1, 0.15) is 5.01 Å². The topological polar surface area (TPSA) is 56.7 Å². The monoisotopic (exact) mass is 480 g/mol. The quantitative estimate of drug-likeness (QED) is 0.299. The molecule has 0 aliphatic rings. The van der Waals surface area contributed by atoms with E-state index in [9.17, 15) is 0 Å². The molecule has 27 heavy (non-hydrogen) atoms. The van der Waals surface area contributed by atoms with Crippen LogP contribution in [0.25, 0.3) is 22.2 Å². The Hall–Kier alpha value is -1.61. The van der Waals surface area contributed by atoms with E-state index in [0.29, 0.717) is 21.2 Å². The summed E-state index contributed by atoms with van der Waals surface area (Å²) in [4.78, 5) is 4.71. The molecular formula is C18H14BrClN4OS2. The van der Waals surface area contributed by atoms with Crippen molar-refractivity contribution in [1.82, 2.24) is 19.7 Å². The van der Waals surface area contributed by atoms with E-state index in [1.165, 1.54) is 0 Å². The van der Waals surface area contributed by atoms with E-state index in [0.717, 1.165) is 33.8 Å². The van der Waals surface area contributed by atoms with Crippen molar-refractivity contribution in [2.24, 2.45) is 0 Å². The van der Waals surface area contributed by atoms with E-state index in [1.807, 2.05) is 41.0 Å². The largest absolute Gasteiger partial charge is 0.446 e. The summed E-state index contributed by atoms with van der Waals surface area (Å²) < 4.78 is 8.32. The smallest absolute Gasteiger partial charge is 0.200 e. The minimum absolute atomic E-state index is 0.673. The van der Waals surface area contributed by atoms with Gasteiger partial charge < -0.3 is 4.42 Å². The molecule has 0 atom stereocenters. The number of nitrogens with zero attached hydrogens (tertiary/aromatic N) is 4. The molecular weight excluding hydrogens is 468 g/mol. The van der Waals surface area contributed by atoms with Crippen LogP contribution < -0.4 is 0 Å². The maximum Gasteiger partial charge on any atom is 0.200 e. The van der Waals surface area contributed by atoms with E-state index in [-0.39, 0.29) is 0 Å². The number of hydrogen-bond donors (Lipinski definition) is 0. The molecule has 5 nitrogen and oxygen atoms in total. The highest BCUT2D eigenvalue weighted by atomic mass is 79.9. The Labute approximate surface area is 177 Å². The molecule has 138 valence electrons. The van der Waals surface area contributed by atoms with Crippen molar-refractivity contribution in [3.63, 3.8) is 0 Å². The molecule has 0 fully saturated rings.